The smallest absolute Gasteiger partial charge is 0.395 e. The minimum Gasteiger partial charge on any atom is -0.395 e. The number of aromatic nitrogens is 2. The molecule has 1 saturated carbocycles. The summed E-state index contributed by atoms with van der Waals surface area (Å²) in [7, 11) is 0. The van der Waals surface area contributed by atoms with Crippen LogP contribution in [-0.4, -0.2) is 22.2 Å². The number of amides is 1. The van der Waals surface area contributed by atoms with E-state index in [2.05, 4.69) is 24.8 Å². The van der Waals surface area contributed by atoms with Crippen LogP contribution >= 0.6 is 0 Å². The molecule has 144 valence electrons. The fourth-order valence-corrected chi connectivity index (χ4v) is 3.57. The number of imidazole rings is 1. The molecule has 0 spiro atoms. The first-order valence-corrected chi connectivity index (χ1v) is 9.04. The number of aromatic amines is 1. The summed E-state index contributed by atoms with van der Waals surface area (Å²) in [5, 5.41) is 2.94. The molecule has 2 heterocycles. The van der Waals surface area contributed by atoms with Crippen LogP contribution in [0.3, 0.4) is 0 Å². The number of hydrogen-bond acceptors (Lipinski definition) is 4. The van der Waals surface area contributed by atoms with Gasteiger partial charge in [0.05, 0.1) is 17.1 Å². The van der Waals surface area contributed by atoms with Crippen LogP contribution in [0.4, 0.5) is 8.78 Å². The maximum atomic E-state index is 13.2. The Hall–Kier alpha value is -3.16. The zero-order chi connectivity index (χ0) is 19.5. The molecule has 1 aliphatic heterocycles. The highest BCUT2D eigenvalue weighted by Gasteiger charge is 2.46. The van der Waals surface area contributed by atoms with E-state index in [0.29, 0.717) is 5.56 Å². The van der Waals surface area contributed by atoms with Crippen molar-refractivity contribution in [3.8, 4) is 11.5 Å². The van der Waals surface area contributed by atoms with Crippen molar-refractivity contribution < 1.29 is 23.0 Å². The maximum Gasteiger partial charge on any atom is 0.586 e. The van der Waals surface area contributed by atoms with E-state index in [1.807, 2.05) is 24.3 Å². The summed E-state index contributed by atoms with van der Waals surface area (Å²) >= 11 is 0. The predicted octanol–water partition coefficient (Wildman–Crippen LogP) is 3.87. The van der Waals surface area contributed by atoms with Gasteiger partial charge in [0.1, 0.15) is 5.82 Å². The fraction of sp³-hybridized carbons (Fsp3) is 0.300. The first kappa shape index (κ1) is 17.0. The van der Waals surface area contributed by atoms with E-state index in [9.17, 15) is 13.6 Å². The van der Waals surface area contributed by atoms with Crippen molar-refractivity contribution in [3.05, 3.63) is 53.9 Å². The van der Waals surface area contributed by atoms with Crippen LogP contribution < -0.4 is 14.8 Å². The summed E-state index contributed by atoms with van der Waals surface area (Å²) in [6, 6.07) is 11.9. The van der Waals surface area contributed by atoms with Crippen molar-refractivity contribution in [3.63, 3.8) is 0 Å². The molecule has 2 aromatic carbocycles. The van der Waals surface area contributed by atoms with Gasteiger partial charge < -0.3 is 19.8 Å². The number of nitrogens with zero attached hydrogens (tertiary/aromatic N) is 1. The fourth-order valence-electron chi connectivity index (χ4n) is 3.57. The SMILES string of the molecule is C[C@@H](NC(=O)[C@H]1C[C@@H]1c1nc2ccccc2[nH]1)c1ccc2c(c1)OC(F)(F)O2. The van der Waals surface area contributed by atoms with E-state index in [1.165, 1.54) is 12.1 Å². The molecular weight excluding hydrogens is 368 g/mol. The molecule has 0 bridgehead atoms. The second kappa shape index (κ2) is 5.92. The summed E-state index contributed by atoms with van der Waals surface area (Å²) in [5.41, 5.74) is 2.50. The Kier molecular flexibility index (Phi) is 3.59. The lowest BCUT2D eigenvalue weighted by Crippen LogP contribution is -2.28. The van der Waals surface area contributed by atoms with E-state index >= 15 is 0 Å². The lowest BCUT2D eigenvalue weighted by Gasteiger charge is -2.14. The standard InChI is InChI=1S/C20H17F2N3O3/c1-10(11-6-7-16-17(8-11)28-20(21,22)27-16)23-19(26)13-9-12(13)18-24-14-4-2-3-5-15(14)25-18/h2-8,10,12-13H,9H2,1H3,(H,23,26)(H,24,25)/t10-,12+,13+/m1/s1. The molecule has 3 atom stereocenters. The number of carbonyl (C=O) groups is 1. The minimum absolute atomic E-state index is 0.0144. The molecule has 2 aliphatic rings. The molecule has 1 aliphatic carbocycles. The van der Waals surface area contributed by atoms with Gasteiger partial charge in [-0.2, -0.15) is 0 Å². The number of ether oxygens (including phenoxy) is 2. The Morgan fingerprint density at radius 1 is 1.25 bits per heavy atom. The van der Waals surface area contributed by atoms with Gasteiger partial charge in [-0.05, 0) is 43.2 Å². The number of H-pyrrole nitrogens is 1. The van der Waals surface area contributed by atoms with Crippen LogP contribution in [0.1, 0.15) is 36.7 Å². The van der Waals surface area contributed by atoms with Gasteiger partial charge in [-0.25, -0.2) is 4.98 Å². The number of fused-ring (bicyclic) bond motifs is 2. The van der Waals surface area contributed by atoms with E-state index < -0.39 is 6.29 Å². The quantitative estimate of drug-likeness (QED) is 0.715. The second-order valence-corrected chi connectivity index (χ2v) is 7.19. The molecule has 8 heteroatoms. The zero-order valence-corrected chi connectivity index (χ0v) is 14.9. The Bertz CT molecular complexity index is 1050. The third-order valence-corrected chi connectivity index (χ3v) is 5.17. The number of hydrogen-bond donors (Lipinski definition) is 2. The van der Waals surface area contributed by atoms with Crippen molar-refractivity contribution in [2.24, 2.45) is 5.92 Å². The Labute approximate surface area is 158 Å². The molecule has 1 fully saturated rings. The normalized spacial score (nSPS) is 22.8. The molecular formula is C20H17F2N3O3. The third kappa shape index (κ3) is 2.94. The van der Waals surface area contributed by atoms with Gasteiger partial charge >= 0.3 is 6.29 Å². The average Bonchev–Trinajstić information content (AvgIpc) is 3.23. The number of carbonyl (C=O) groups excluding carboxylic acids is 1. The zero-order valence-electron chi connectivity index (χ0n) is 14.9. The summed E-state index contributed by atoms with van der Waals surface area (Å²) in [6.07, 6.45) is -2.92. The van der Waals surface area contributed by atoms with Gasteiger partial charge in [-0.15, -0.1) is 8.78 Å². The number of halogens is 2. The van der Waals surface area contributed by atoms with Crippen molar-refractivity contribution in [1.82, 2.24) is 15.3 Å². The van der Waals surface area contributed by atoms with Crippen LogP contribution in [0.25, 0.3) is 11.0 Å². The van der Waals surface area contributed by atoms with Crippen LogP contribution in [0.15, 0.2) is 42.5 Å². The van der Waals surface area contributed by atoms with Crippen molar-refractivity contribution in [2.45, 2.75) is 31.6 Å². The van der Waals surface area contributed by atoms with Crippen molar-refractivity contribution in [2.75, 3.05) is 0 Å². The number of benzene rings is 2. The molecule has 5 rings (SSSR count). The number of nitrogens with one attached hydrogen (secondary N) is 2. The van der Waals surface area contributed by atoms with Crippen LogP contribution in [-0.2, 0) is 4.79 Å². The van der Waals surface area contributed by atoms with Gasteiger partial charge in [0.2, 0.25) is 5.91 Å². The summed E-state index contributed by atoms with van der Waals surface area (Å²) in [5.74, 6) is 0.603. The Morgan fingerprint density at radius 2 is 2.04 bits per heavy atom. The largest absolute Gasteiger partial charge is 0.586 e. The Morgan fingerprint density at radius 3 is 2.86 bits per heavy atom. The highest BCUT2D eigenvalue weighted by molar-refractivity contribution is 5.83. The molecule has 0 radical (unpaired) electrons. The molecule has 6 nitrogen and oxygen atoms in total. The number of rotatable bonds is 4. The van der Waals surface area contributed by atoms with E-state index in [0.717, 1.165) is 23.3 Å². The number of para-hydroxylation sites is 2. The van der Waals surface area contributed by atoms with Crippen LogP contribution in [0, 0.1) is 5.92 Å². The van der Waals surface area contributed by atoms with E-state index in [1.54, 1.807) is 13.0 Å². The topological polar surface area (TPSA) is 76.2 Å². The first-order chi connectivity index (χ1) is 13.4. The van der Waals surface area contributed by atoms with Crippen molar-refractivity contribution in [1.29, 1.82) is 0 Å². The average molecular weight is 385 g/mol. The first-order valence-electron chi connectivity index (χ1n) is 9.04. The predicted molar refractivity (Wildman–Crippen MR) is 96.1 cm³/mol. The minimum atomic E-state index is -3.65. The lowest BCUT2D eigenvalue weighted by atomic mass is 10.1. The lowest BCUT2D eigenvalue weighted by molar-refractivity contribution is -0.286. The Balaban J connectivity index is 1.25. The molecule has 1 aromatic heterocycles. The number of alkyl halides is 2. The molecule has 0 saturated heterocycles. The van der Waals surface area contributed by atoms with Gasteiger partial charge in [0.25, 0.3) is 0 Å². The molecule has 1 amide bonds. The monoisotopic (exact) mass is 385 g/mol. The van der Waals surface area contributed by atoms with Gasteiger partial charge in [0, 0.05) is 11.8 Å². The van der Waals surface area contributed by atoms with E-state index in [-0.39, 0.29) is 35.3 Å². The molecule has 0 unspecified atom stereocenters. The second-order valence-electron chi connectivity index (χ2n) is 7.19. The van der Waals surface area contributed by atoms with Gasteiger partial charge in [-0.3, -0.25) is 4.79 Å². The molecule has 3 aromatic rings. The van der Waals surface area contributed by atoms with Crippen LogP contribution in [0.2, 0.25) is 0 Å². The highest BCUT2D eigenvalue weighted by atomic mass is 19.3. The summed E-state index contributed by atoms with van der Waals surface area (Å²) < 4.78 is 35.2. The van der Waals surface area contributed by atoms with Gasteiger partial charge in [0.15, 0.2) is 11.5 Å². The third-order valence-electron chi connectivity index (χ3n) is 5.17. The van der Waals surface area contributed by atoms with E-state index in [4.69, 9.17) is 0 Å². The van der Waals surface area contributed by atoms with Crippen LogP contribution in [0.5, 0.6) is 11.5 Å². The van der Waals surface area contributed by atoms with Crippen molar-refractivity contribution >= 4 is 16.9 Å². The summed E-state index contributed by atoms with van der Waals surface area (Å²) in [4.78, 5) is 20.4. The maximum absolute atomic E-state index is 13.2. The van der Waals surface area contributed by atoms with Gasteiger partial charge in [-0.1, -0.05) is 18.2 Å². The molecule has 28 heavy (non-hydrogen) atoms. The summed E-state index contributed by atoms with van der Waals surface area (Å²) in [6.45, 7) is 1.80. The molecule has 2 N–H and O–H groups in total. The highest BCUT2D eigenvalue weighted by Crippen LogP contribution is 2.47.